The molecule has 0 saturated carbocycles. The van der Waals surface area contributed by atoms with Gasteiger partial charge in [-0.05, 0) is 31.9 Å². The summed E-state index contributed by atoms with van der Waals surface area (Å²) in [6.07, 6.45) is 11.5. The van der Waals surface area contributed by atoms with Crippen molar-refractivity contribution in [1.29, 1.82) is 0 Å². The number of unbranched alkanes of at least 4 members (excludes halogenated alkanes) is 7. The molecule has 0 aliphatic rings. The SMILES string of the molecule is CCCCCCCCCC.Cc1ccc(C)c(C)c1. The minimum Gasteiger partial charge on any atom is -0.0654 e. The summed E-state index contributed by atoms with van der Waals surface area (Å²) in [4.78, 5) is 0. The standard InChI is InChI=1S/C10H22.C9H12/c1-3-5-7-9-10-8-6-4-2;1-7-4-5-8(2)9(3)6-7/h3-10H2,1-2H3;4-6H,1-3H3. The lowest BCUT2D eigenvalue weighted by Gasteiger charge is -1.98. The summed E-state index contributed by atoms with van der Waals surface area (Å²) in [7, 11) is 0. The third-order valence-corrected chi connectivity index (χ3v) is 3.62. The maximum atomic E-state index is 2.27. The van der Waals surface area contributed by atoms with E-state index >= 15 is 0 Å². The third-order valence-electron chi connectivity index (χ3n) is 3.62. The lowest BCUT2D eigenvalue weighted by molar-refractivity contribution is 0.585. The van der Waals surface area contributed by atoms with Gasteiger partial charge in [0.05, 0.1) is 0 Å². The molecule has 0 aliphatic carbocycles. The summed E-state index contributed by atoms with van der Waals surface area (Å²) in [5.41, 5.74) is 4.11. The number of hydrogen-bond acceptors (Lipinski definition) is 0. The molecule has 0 aliphatic heterocycles. The van der Waals surface area contributed by atoms with Crippen molar-refractivity contribution < 1.29 is 0 Å². The molecule has 0 heteroatoms. The Hall–Kier alpha value is -0.780. The van der Waals surface area contributed by atoms with Crippen LogP contribution in [0.1, 0.15) is 81.9 Å². The van der Waals surface area contributed by atoms with Crippen molar-refractivity contribution in [3.05, 3.63) is 34.9 Å². The minimum absolute atomic E-state index is 1.35. The van der Waals surface area contributed by atoms with Crippen LogP contribution in [-0.2, 0) is 0 Å². The second-order valence-electron chi connectivity index (χ2n) is 5.71. The van der Waals surface area contributed by atoms with Gasteiger partial charge in [0.25, 0.3) is 0 Å². The van der Waals surface area contributed by atoms with Gasteiger partial charge in [-0.25, -0.2) is 0 Å². The highest BCUT2D eigenvalue weighted by molar-refractivity contribution is 5.28. The van der Waals surface area contributed by atoms with Gasteiger partial charge in [-0.3, -0.25) is 0 Å². The van der Waals surface area contributed by atoms with E-state index in [1.54, 1.807) is 0 Å². The minimum atomic E-state index is 1.35. The Kier molecular flexibility index (Phi) is 11.8. The van der Waals surface area contributed by atoms with Crippen LogP contribution in [-0.4, -0.2) is 0 Å². The molecule has 0 N–H and O–H groups in total. The van der Waals surface area contributed by atoms with E-state index in [1.165, 1.54) is 68.1 Å². The lowest BCUT2D eigenvalue weighted by atomic mass is 10.1. The van der Waals surface area contributed by atoms with Crippen LogP contribution in [0.2, 0.25) is 0 Å². The van der Waals surface area contributed by atoms with E-state index in [-0.39, 0.29) is 0 Å². The summed E-state index contributed by atoms with van der Waals surface area (Å²) >= 11 is 0. The maximum Gasteiger partial charge on any atom is -0.0395 e. The maximum absolute atomic E-state index is 2.27. The molecule has 0 saturated heterocycles. The summed E-state index contributed by atoms with van der Waals surface area (Å²) in [5, 5.41) is 0. The van der Waals surface area contributed by atoms with Crippen molar-refractivity contribution >= 4 is 0 Å². The molecule has 1 rings (SSSR count). The molecule has 110 valence electrons. The van der Waals surface area contributed by atoms with Gasteiger partial charge >= 0.3 is 0 Å². The van der Waals surface area contributed by atoms with Crippen molar-refractivity contribution in [3.63, 3.8) is 0 Å². The molecule has 0 bridgehead atoms. The topological polar surface area (TPSA) is 0 Å². The van der Waals surface area contributed by atoms with Crippen molar-refractivity contribution in [3.8, 4) is 0 Å². The molecule has 0 amide bonds. The summed E-state index contributed by atoms with van der Waals surface area (Å²) in [6.45, 7) is 10.9. The smallest absolute Gasteiger partial charge is 0.0395 e. The first-order chi connectivity index (χ1) is 9.11. The molecule has 0 fully saturated rings. The van der Waals surface area contributed by atoms with Crippen molar-refractivity contribution in [2.75, 3.05) is 0 Å². The molecule has 0 heterocycles. The van der Waals surface area contributed by atoms with Crippen molar-refractivity contribution in [2.45, 2.75) is 86.0 Å². The average molecular weight is 262 g/mol. The molecule has 0 unspecified atom stereocenters. The van der Waals surface area contributed by atoms with Crippen LogP contribution in [0.15, 0.2) is 18.2 Å². The summed E-state index contributed by atoms with van der Waals surface area (Å²) < 4.78 is 0. The van der Waals surface area contributed by atoms with E-state index in [2.05, 4.69) is 52.8 Å². The third kappa shape index (κ3) is 10.8. The van der Waals surface area contributed by atoms with Gasteiger partial charge in [-0.1, -0.05) is 89.0 Å². The Morgan fingerprint density at radius 3 is 1.47 bits per heavy atom. The van der Waals surface area contributed by atoms with E-state index in [0.29, 0.717) is 0 Å². The number of hydrogen-bond donors (Lipinski definition) is 0. The molecule has 0 nitrogen and oxygen atoms in total. The van der Waals surface area contributed by atoms with Gasteiger partial charge in [-0.15, -0.1) is 0 Å². The van der Waals surface area contributed by atoms with Crippen LogP contribution in [0.25, 0.3) is 0 Å². The van der Waals surface area contributed by atoms with Gasteiger partial charge in [0.15, 0.2) is 0 Å². The molecular weight excluding hydrogens is 228 g/mol. The van der Waals surface area contributed by atoms with Crippen LogP contribution in [0.5, 0.6) is 0 Å². The number of benzene rings is 1. The molecule has 0 atom stereocenters. The Morgan fingerprint density at radius 1 is 0.632 bits per heavy atom. The van der Waals surface area contributed by atoms with Gasteiger partial charge in [-0.2, -0.15) is 0 Å². The monoisotopic (exact) mass is 262 g/mol. The van der Waals surface area contributed by atoms with Crippen molar-refractivity contribution in [2.24, 2.45) is 0 Å². The summed E-state index contributed by atoms with van der Waals surface area (Å²) in [5.74, 6) is 0. The van der Waals surface area contributed by atoms with Crippen LogP contribution in [0.3, 0.4) is 0 Å². The Morgan fingerprint density at radius 2 is 1.11 bits per heavy atom. The average Bonchev–Trinajstić information content (AvgIpc) is 2.39. The fourth-order valence-electron chi connectivity index (χ4n) is 2.10. The van der Waals surface area contributed by atoms with Gasteiger partial charge in [0.1, 0.15) is 0 Å². The van der Waals surface area contributed by atoms with E-state index in [1.807, 2.05) is 0 Å². The zero-order valence-corrected chi connectivity index (χ0v) is 13.9. The molecule has 19 heavy (non-hydrogen) atoms. The molecule has 0 aromatic heterocycles. The van der Waals surface area contributed by atoms with Gasteiger partial charge in [0.2, 0.25) is 0 Å². The second-order valence-corrected chi connectivity index (χ2v) is 5.71. The number of rotatable bonds is 7. The molecule has 1 aromatic rings. The first-order valence-electron chi connectivity index (χ1n) is 8.15. The van der Waals surface area contributed by atoms with Gasteiger partial charge in [0, 0.05) is 0 Å². The highest BCUT2D eigenvalue weighted by atomic mass is 14.0. The van der Waals surface area contributed by atoms with E-state index in [9.17, 15) is 0 Å². The van der Waals surface area contributed by atoms with Crippen LogP contribution in [0.4, 0.5) is 0 Å². The highest BCUT2D eigenvalue weighted by Crippen LogP contribution is 2.08. The fraction of sp³-hybridized carbons (Fsp3) is 0.684. The molecular formula is C19H34. The number of aryl methyl sites for hydroxylation is 3. The van der Waals surface area contributed by atoms with E-state index in [0.717, 1.165) is 0 Å². The summed E-state index contributed by atoms with van der Waals surface area (Å²) in [6, 6.07) is 6.50. The largest absolute Gasteiger partial charge is 0.0654 e. The zero-order chi connectivity index (χ0) is 14.5. The molecule has 1 aromatic carbocycles. The van der Waals surface area contributed by atoms with Crippen LogP contribution < -0.4 is 0 Å². The second kappa shape index (κ2) is 12.3. The Labute approximate surface area is 121 Å². The quantitative estimate of drug-likeness (QED) is 0.476. The fourth-order valence-corrected chi connectivity index (χ4v) is 2.10. The van der Waals surface area contributed by atoms with E-state index in [4.69, 9.17) is 0 Å². The van der Waals surface area contributed by atoms with Crippen LogP contribution >= 0.6 is 0 Å². The van der Waals surface area contributed by atoms with Gasteiger partial charge < -0.3 is 0 Å². The lowest BCUT2D eigenvalue weighted by Crippen LogP contribution is -1.79. The van der Waals surface area contributed by atoms with Crippen molar-refractivity contribution in [1.82, 2.24) is 0 Å². The first kappa shape index (κ1) is 18.2. The highest BCUT2D eigenvalue weighted by Gasteiger charge is 1.89. The van der Waals surface area contributed by atoms with E-state index < -0.39 is 0 Å². The molecule has 0 radical (unpaired) electrons. The Bertz CT molecular complexity index is 304. The zero-order valence-electron chi connectivity index (χ0n) is 13.9. The first-order valence-corrected chi connectivity index (χ1v) is 8.15. The normalized spacial score (nSPS) is 9.95. The Balaban J connectivity index is 0.000000342. The predicted molar refractivity (Wildman–Crippen MR) is 88.9 cm³/mol. The predicted octanol–water partition coefficient (Wildman–Crippen LogP) is 6.76. The van der Waals surface area contributed by atoms with Crippen LogP contribution in [0, 0.1) is 20.8 Å². The molecule has 0 spiro atoms.